The van der Waals surface area contributed by atoms with Crippen LogP contribution >= 0.6 is 0 Å². The Labute approximate surface area is 118 Å². The van der Waals surface area contributed by atoms with Gasteiger partial charge in [-0.15, -0.1) is 0 Å². The quantitative estimate of drug-likeness (QED) is 0.593. The topological polar surface area (TPSA) is 77.8 Å². The fourth-order valence-corrected chi connectivity index (χ4v) is 1.95. The van der Waals surface area contributed by atoms with Gasteiger partial charge in [-0.3, -0.25) is 4.79 Å². The summed E-state index contributed by atoms with van der Waals surface area (Å²) in [6, 6.07) is 1.77. The summed E-state index contributed by atoms with van der Waals surface area (Å²) in [5.41, 5.74) is 2.29. The maximum Gasteiger partial charge on any atom is 0.335 e. The van der Waals surface area contributed by atoms with E-state index in [-0.39, 0.29) is 12.4 Å². The predicted molar refractivity (Wildman–Crippen MR) is 72.8 cm³/mol. The third kappa shape index (κ3) is 3.91. The summed E-state index contributed by atoms with van der Waals surface area (Å²) in [5, 5.41) is 9.00. The number of hydrogen-bond acceptors (Lipinski definition) is 5. The van der Waals surface area contributed by atoms with E-state index in [2.05, 4.69) is 0 Å². The zero-order valence-electron chi connectivity index (χ0n) is 12.3. The lowest BCUT2D eigenvalue weighted by atomic mass is 10.1. The molecule has 0 aliphatic rings. The minimum Gasteiger partial charge on any atom is -0.455 e. The van der Waals surface area contributed by atoms with Gasteiger partial charge in [0, 0.05) is 30.6 Å². The second kappa shape index (κ2) is 7.21. The number of ether oxygens (including phenoxy) is 2. The lowest BCUT2D eigenvalue weighted by molar-refractivity contribution is -0.151. The van der Waals surface area contributed by atoms with E-state index in [1.807, 2.05) is 18.4 Å². The van der Waals surface area contributed by atoms with Crippen LogP contribution in [-0.4, -0.2) is 47.9 Å². The highest BCUT2D eigenvalue weighted by Crippen LogP contribution is 2.16. The standard InChI is InChI=1S/C14H21NO5/c1-9-7-12(10(2)15(9)5-6-19-4)13(17)8-20-14(18)11(3)16/h7,11,16H,5-6,8H2,1-4H3. The van der Waals surface area contributed by atoms with E-state index >= 15 is 0 Å². The van der Waals surface area contributed by atoms with Crippen molar-refractivity contribution in [3.8, 4) is 0 Å². The van der Waals surface area contributed by atoms with Crippen molar-refractivity contribution in [2.75, 3.05) is 20.3 Å². The molecule has 112 valence electrons. The first-order valence-corrected chi connectivity index (χ1v) is 6.42. The summed E-state index contributed by atoms with van der Waals surface area (Å²) in [6.07, 6.45) is -1.23. The molecule has 0 bridgehead atoms. The number of carbonyl (C=O) groups is 2. The van der Waals surface area contributed by atoms with Crippen LogP contribution in [0.5, 0.6) is 0 Å². The van der Waals surface area contributed by atoms with Crippen molar-refractivity contribution >= 4 is 11.8 Å². The molecule has 0 aromatic carbocycles. The van der Waals surface area contributed by atoms with E-state index in [0.717, 1.165) is 11.4 Å². The number of hydrogen-bond donors (Lipinski definition) is 1. The molecule has 20 heavy (non-hydrogen) atoms. The van der Waals surface area contributed by atoms with Gasteiger partial charge in [-0.25, -0.2) is 4.79 Å². The number of aromatic nitrogens is 1. The molecule has 1 aromatic heterocycles. The maximum absolute atomic E-state index is 12.0. The molecule has 0 aliphatic heterocycles. The van der Waals surface area contributed by atoms with Gasteiger partial charge in [0.15, 0.2) is 6.61 Å². The molecule has 0 spiro atoms. The first-order valence-electron chi connectivity index (χ1n) is 6.42. The summed E-state index contributed by atoms with van der Waals surface area (Å²) in [4.78, 5) is 23.2. The van der Waals surface area contributed by atoms with E-state index in [9.17, 15) is 9.59 Å². The third-order valence-electron chi connectivity index (χ3n) is 3.08. The molecular weight excluding hydrogens is 262 g/mol. The normalized spacial score (nSPS) is 12.2. The molecule has 1 unspecified atom stereocenters. The Balaban J connectivity index is 2.76. The van der Waals surface area contributed by atoms with Crippen LogP contribution in [0.2, 0.25) is 0 Å². The van der Waals surface area contributed by atoms with Gasteiger partial charge in [0.25, 0.3) is 0 Å². The average Bonchev–Trinajstić information content (AvgIpc) is 2.68. The molecule has 1 heterocycles. The third-order valence-corrected chi connectivity index (χ3v) is 3.08. The van der Waals surface area contributed by atoms with Crippen molar-refractivity contribution in [1.29, 1.82) is 0 Å². The average molecular weight is 283 g/mol. The van der Waals surface area contributed by atoms with Gasteiger partial charge in [-0.05, 0) is 26.8 Å². The Kier molecular flexibility index (Phi) is 5.91. The van der Waals surface area contributed by atoms with Crippen molar-refractivity contribution in [3.05, 3.63) is 23.0 Å². The summed E-state index contributed by atoms with van der Waals surface area (Å²) in [7, 11) is 1.62. The lowest BCUT2D eigenvalue weighted by Gasteiger charge is -2.09. The highest BCUT2D eigenvalue weighted by molar-refractivity contribution is 5.99. The molecule has 1 N–H and O–H groups in total. The lowest BCUT2D eigenvalue weighted by Crippen LogP contribution is -2.23. The van der Waals surface area contributed by atoms with Crippen molar-refractivity contribution in [2.24, 2.45) is 0 Å². The largest absolute Gasteiger partial charge is 0.455 e. The van der Waals surface area contributed by atoms with Gasteiger partial charge in [-0.1, -0.05) is 0 Å². The Morgan fingerprint density at radius 3 is 2.60 bits per heavy atom. The van der Waals surface area contributed by atoms with Gasteiger partial charge >= 0.3 is 5.97 Å². The number of methoxy groups -OCH3 is 1. The number of aryl methyl sites for hydroxylation is 1. The van der Waals surface area contributed by atoms with Gasteiger partial charge in [0.1, 0.15) is 6.10 Å². The van der Waals surface area contributed by atoms with Crippen LogP contribution in [0.1, 0.15) is 28.7 Å². The summed E-state index contributed by atoms with van der Waals surface area (Å²) in [6.45, 7) is 5.89. The van der Waals surface area contributed by atoms with Crippen molar-refractivity contribution in [3.63, 3.8) is 0 Å². The molecule has 0 fully saturated rings. The zero-order valence-corrected chi connectivity index (χ0v) is 12.3. The number of Topliss-reactive ketones (excluding diaryl/α,β-unsaturated/α-hetero) is 1. The van der Waals surface area contributed by atoms with Crippen LogP contribution in [0.3, 0.4) is 0 Å². The minimum absolute atomic E-state index is 0.282. The fourth-order valence-electron chi connectivity index (χ4n) is 1.95. The molecule has 0 saturated heterocycles. The molecule has 6 heteroatoms. The number of carbonyl (C=O) groups excluding carboxylic acids is 2. The van der Waals surface area contributed by atoms with Gasteiger partial charge < -0.3 is 19.1 Å². The second-order valence-electron chi connectivity index (χ2n) is 4.64. The monoisotopic (exact) mass is 283 g/mol. The highest BCUT2D eigenvalue weighted by atomic mass is 16.5. The van der Waals surface area contributed by atoms with Crippen molar-refractivity contribution in [1.82, 2.24) is 4.57 Å². The molecule has 1 rings (SSSR count). The molecule has 6 nitrogen and oxygen atoms in total. The van der Waals surface area contributed by atoms with Crippen LogP contribution in [0.15, 0.2) is 6.07 Å². The van der Waals surface area contributed by atoms with Crippen LogP contribution in [0.25, 0.3) is 0 Å². The number of aliphatic hydroxyl groups excluding tert-OH is 1. The minimum atomic E-state index is -1.23. The van der Waals surface area contributed by atoms with Crippen LogP contribution in [-0.2, 0) is 20.8 Å². The first-order chi connectivity index (χ1) is 9.38. The summed E-state index contributed by atoms with van der Waals surface area (Å²) >= 11 is 0. The molecule has 0 amide bonds. The van der Waals surface area contributed by atoms with Crippen LogP contribution in [0.4, 0.5) is 0 Å². The Morgan fingerprint density at radius 1 is 1.40 bits per heavy atom. The Morgan fingerprint density at radius 2 is 2.05 bits per heavy atom. The fraction of sp³-hybridized carbons (Fsp3) is 0.571. The summed E-state index contributed by atoms with van der Waals surface area (Å²) < 4.78 is 11.7. The molecule has 1 aromatic rings. The first kappa shape index (κ1) is 16.4. The molecular formula is C14H21NO5. The molecule has 0 aliphatic carbocycles. The van der Waals surface area contributed by atoms with E-state index in [0.29, 0.717) is 18.7 Å². The smallest absolute Gasteiger partial charge is 0.335 e. The van der Waals surface area contributed by atoms with E-state index in [1.165, 1.54) is 6.92 Å². The number of esters is 1. The Bertz CT molecular complexity index is 490. The van der Waals surface area contributed by atoms with Crippen molar-refractivity contribution < 1.29 is 24.2 Å². The van der Waals surface area contributed by atoms with Gasteiger partial charge in [-0.2, -0.15) is 0 Å². The van der Waals surface area contributed by atoms with Crippen LogP contribution < -0.4 is 0 Å². The van der Waals surface area contributed by atoms with E-state index in [4.69, 9.17) is 14.6 Å². The Hall–Kier alpha value is -1.66. The number of rotatable bonds is 7. The number of nitrogens with zero attached hydrogens (tertiary/aromatic N) is 1. The SMILES string of the molecule is COCCn1c(C)cc(C(=O)COC(=O)C(C)O)c1C. The summed E-state index contributed by atoms with van der Waals surface area (Å²) in [5.74, 6) is -1.08. The molecule has 0 saturated carbocycles. The second-order valence-corrected chi connectivity index (χ2v) is 4.64. The van der Waals surface area contributed by atoms with Gasteiger partial charge in [0.05, 0.1) is 6.61 Å². The highest BCUT2D eigenvalue weighted by Gasteiger charge is 2.18. The zero-order chi connectivity index (χ0) is 15.3. The van der Waals surface area contributed by atoms with Crippen molar-refractivity contribution in [2.45, 2.75) is 33.4 Å². The van der Waals surface area contributed by atoms with Gasteiger partial charge in [0.2, 0.25) is 5.78 Å². The molecule has 1 atom stereocenters. The predicted octanol–water partition coefficient (Wildman–Crippen LogP) is 0.858. The molecule has 0 radical (unpaired) electrons. The number of ketones is 1. The maximum atomic E-state index is 12.0. The van der Waals surface area contributed by atoms with E-state index in [1.54, 1.807) is 13.2 Å². The van der Waals surface area contributed by atoms with Crippen LogP contribution in [0, 0.1) is 13.8 Å². The number of aliphatic hydroxyl groups is 1. The van der Waals surface area contributed by atoms with E-state index < -0.39 is 12.1 Å².